The van der Waals surface area contributed by atoms with Crippen molar-refractivity contribution in [2.75, 3.05) is 71.2 Å². The molecule has 52 heteroatoms. The van der Waals surface area contributed by atoms with E-state index in [-0.39, 0.29) is 120 Å². The molecule has 0 saturated carbocycles. The van der Waals surface area contributed by atoms with Gasteiger partial charge in [-0.2, -0.15) is 78.5 Å². The number of nitrogens with two attached hydrogens (primary N) is 8. The van der Waals surface area contributed by atoms with Gasteiger partial charge >= 0.3 is 60.7 Å². The van der Waals surface area contributed by atoms with E-state index in [9.17, 15) is 105 Å². The van der Waals surface area contributed by atoms with Crippen molar-refractivity contribution in [2.45, 2.75) is 158 Å². The summed E-state index contributed by atoms with van der Waals surface area (Å²) in [4.78, 5) is 159. The van der Waals surface area contributed by atoms with Crippen LogP contribution >= 0.6 is 12.6 Å². The normalized spacial score (nSPS) is 12.5. The van der Waals surface area contributed by atoms with Crippen LogP contribution in [0.25, 0.3) is 0 Å². The molecule has 608 valence electrons. The van der Waals surface area contributed by atoms with Crippen molar-refractivity contribution in [3.8, 4) is 0 Å². The van der Waals surface area contributed by atoms with Gasteiger partial charge in [0.05, 0.1) is 12.4 Å². The number of amides is 7. The van der Waals surface area contributed by atoms with Gasteiger partial charge in [-0.3, -0.25) is 43.5 Å². The van der Waals surface area contributed by atoms with E-state index in [1.165, 1.54) is 34.1 Å². The van der Waals surface area contributed by atoms with Crippen LogP contribution in [0.2, 0.25) is 0 Å². The lowest BCUT2D eigenvalue weighted by atomic mass is 10.1. The number of aliphatic hydroxyl groups excluding tert-OH is 1. The zero-order valence-electron chi connectivity index (χ0n) is 55.7. The topological polar surface area (TPSA) is 634 Å². The number of aliphatic carboxylic acids is 5. The zero-order chi connectivity index (χ0) is 82.8. The van der Waals surface area contributed by atoms with Gasteiger partial charge in [0.15, 0.2) is 11.9 Å². The third kappa shape index (κ3) is 53.9. The van der Waals surface area contributed by atoms with Crippen molar-refractivity contribution in [2.24, 2.45) is 55.9 Å². The molecule has 0 unspecified atom stereocenters. The average Bonchev–Trinajstić information content (AvgIpc) is 1.76. The summed E-state index contributed by atoms with van der Waals surface area (Å²) in [5, 5.41) is 53.7. The Morgan fingerprint density at radius 1 is 0.495 bits per heavy atom. The lowest BCUT2D eigenvalue weighted by Gasteiger charge is -2.34. The molecule has 0 spiro atoms. The number of unbranched alkanes of at least 4 members (excludes halogenated alkanes) is 4. The van der Waals surface area contributed by atoms with E-state index in [2.05, 4.69) is 48.5 Å². The van der Waals surface area contributed by atoms with Gasteiger partial charge in [-0.05, 0) is 83.6 Å². The smallest absolute Gasteiger partial charge is 0.475 e. The van der Waals surface area contributed by atoms with E-state index in [4.69, 9.17) is 95.4 Å². The number of carbonyl (C=O) groups excluding carboxylic acids is 7. The summed E-state index contributed by atoms with van der Waals surface area (Å²) in [6, 6.07) is -4.45. The Hall–Kier alpha value is -9.47. The quantitative estimate of drug-likeness (QED) is 0.0120. The third-order valence-electron chi connectivity index (χ3n) is 12.4. The highest BCUT2D eigenvalue weighted by molar-refractivity contribution is 7.80. The van der Waals surface area contributed by atoms with Gasteiger partial charge in [-0.1, -0.05) is 6.42 Å². The number of nitrogens with zero attached hydrogens (tertiary/aromatic N) is 6. The number of thiol groups is 1. The highest BCUT2D eigenvalue weighted by Gasteiger charge is 2.41. The Bertz CT molecular complexity index is 2720. The highest BCUT2D eigenvalue weighted by Crippen LogP contribution is 2.19. The Balaban J connectivity index is -0.000000769. The molecule has 1 heterocycles. The van der Waals surface area contributed by atoms with Crippen LogP contribution < -0.4 is 61.8 Å². The first-order valence-corrected chi connectivity index (χ1v) is 30.8. The number of carboxylic acid groups (broad SMARTS) is 5. The number of nitrogens with one attached hydrogen (secondary N) is 4. The van der Waals surface area contributed by atoms with Crippen molar-refractivity contribution in [1.29, 1.82) is 0 Å². The number of hydrogen-bond acceptors (Lipinski definition) is 20. The number of rotatable bonds is 39. The number of alkyl halides is 15. The minimum atomic E-state index is -5.08. The number of halogens is 15. The fourth-order valence-electron chi connectivity index (χ4n) is 7.36. The maximum atomic E-state index is 14.4. The van der Waals surface area contributed by atoms with Crippen LogP contribution in [0.5, 0.6) is 0 Å². The van der Waals surface area contributed by atoms with Crippen LogP contribution in [-0.4, -0.2) is 271 Å². The molecule has 5 atom stereocenters. The van der Waals surface area contributed by atoms with Crippen molar-refractivity contribution >= 4 is 95.7 Å². The Morgan fingerprint density at radius 2 is 0.819 bits per heavy atom. The van der Waals surface area contributed by atoms with Gasteiger partial charge in [-0.25, -0.2) is 29.0 Å². The summed E-state index contributed by atoms with van der Waals surface area (Å²) in [5.74, 6) is -17.6. The number of guanidine groups is 2. The van der Waals surface area contributed by atoms with Gasteiger partial charge in [0, 0.05) is 89.9 Å². The summed E-state index contributed by atoms with van der Waals surface area (Å²) in [6.45, 7) is 1.90. The Morgan fingerprint density at radius 3 is 1.15 bits per heavy atom. The molecule has 0 saturated heterocycles. The largest absolute Gasteiger partial charge is 0.490 e. The number of carbonyl (C=O) groups is 12. The molecule has 0 fully saturated rings. The van der Waals surface area contributed by atoms with E-state index < -0.39 is 121 Å². The molecule has 1 aromatic heterocycles. The number of aliphatic hydroxyl groups is 1. The summed E-state index contributed by atoms with van der Waals surface area (Å²) in [5.41, 5.74) is 45.4. The number of imidazole rings is 1. The number of carboxylic acids is 5. The SMILES string of the molecule is C[C@@H](O)[C@H](N)C(=O)NCCN(C(=O)CCS)[C@@H](CCCN=C(N)N)C(=O)NCCN(C(=O)CCCCCN)[C@@H](Cc1cnc[nH]1)C(=O)NCCN(C(=O)CCCCN=C(N)N)[C@@H](CCCCN)C(N)=O.O=C(O)C(F)(F)F.O=C(O)C(F)(F)F.O=C(O)C(F)(F)F.O=C(O)C(F)(F)F.O=C(O)C(F)(F)F. The molecule has 36 nitrogen and oxygen atoms in total. The predicted molar refractivity (Wildman–Crippen MR) is 338 cm³/mol. The van der Waals surface area contributed by atoms with Gasteiger partial charge < -0.3 is 112 Å². The van der Waals surface area contributed by atoms with Crippen LogP contribution in [-0.2, 0) is 64.0 Å². The maximum absolute atomic E-state index is 14.4. The second kappa shape index (κ2) is 54.2. The molecule has 0 bridgehead atoms. The molecule has 0 aliphatic heterocycles. The lowest BCUT2D eigenvalue weighted by molar-refractivity contribution is -0.193. The fourth-order valence-corrected chi connectivity index (χ4v) is 7.55. The molecule has 0 radical (unpaired) electrons. The van der Waals surface area contributed by atoms with Crippen LogP contribution in [0.15, 0.2) is 22.5 Å². The molecule has 1 rings (SSSR count). The number of aromatic nitrogens is 2. The molecule has 105 heavy (non-hydrogen) atoms. The van der Waals surface area contributed by atoms with Crippen LogP contribution in [0.3, 0.4) is 0 Å². The molecule has 7 amide bonds. The van der Waals surface area contributed by atoms with Crippen molar-refractivity contribution in [3.63, 3.8) is 0 Å². The summed E-state index contributed by atoms with van der Waals surface area (Å²) in [6.07, 6.45) is -19.1. The van der Waals surface area contributed by atoms with Crippen molar-refractivity contribution < 1.29 is 154 Å². The van der Waals surface area contributed by atoms with E-state index in [0.29, 0.717) is 70.3 Å². The standard InChI is InChI=1S/C43H82N18O8S.5C2HF3O2/c1-29(62)37(46)41(69)55-21-23-60(36(65)14-25-70)32(11-9-18-57-43(50)51)39(67)53-20-24-61(35(64)12-3-2-6-15-44)33(26-30-27-52-28-58-30)40(68)54-19-22-59(31(38(47)66)10-4-7-16-45)34(63)13-5-8-17-56-42(48)49;5*3-2(4,5)1(6)7/h27-29,31-33,37,62,70H,2-26,44-46H2,1H3,(H2,47,66)(H,52,58)(H,53,67)(H,54,68)(H,55,69)(H4,48,49,56)(H4,50,51,57);5*(H,6,7)/t29-,31+,32+,33+,37+;;;;;/m1...../s1. The van der Waals surface area contributed by atoms with Crippen LogP contribution in [0.4, 0.5) is 65.9 Å². The van der Waals surface area contributed by atoms with E-state index in [1.54, 1.807) is 0 Å². The molecular weight excluding hydrogens is 1490 g/mol. The first-order valence-electron chi connectivity index (χ1n) is 30.2. The monoisotopic (exact) mass is 1580 g/mol. The molecule has 0 aliphatic carbocycles. The van der Waals surface area contributed by atoms with Gasteiger partial charge in [0.25, 0.3) is 0 Å². The Labute approximate surface area is 592 Å². The number of primary amides is 1. The highest BCUT2D eigenvalue weighted by atomic mass is 32.1. The number of H-pyrrole nitrogens is 1. The minimum absolute atomic E-state index is 0.0143. The van der Waals surface area contributed by atoms with Crippen molar-refractivity contribution in [3.05, 3.63) is 18.2 Å². The Kier molecular flexibility index (Phi) is 53.8. The van der Waals surface area contributed by atoms with Gasteiger partial charge in [0.2, 0.25) is 41.4 Å². The molecular formula is C53H87F15N18O18S. The second-order valence-electron chi connectivity index (χ2n) is 20.7. The second-order valence-corrected chi connectivity index (χ2v) is 21.2. The van der Waals surface area contributed by atoms with Gasteiger partial charge in [-0.15, -0.1) is 0 Å². The van der Waals surface area contributed by atoms with Crippen LogP contribution in [0.1, 0.15) is 96.1 Å². The summed E-state index contributed by atoms with van der Waals surface area (Å²) >= 11 is 4.21. The maximum Gasteiger partial charge on any atom is 0.490 e. The first kappa shape index (κ1) is 104. The summed E-state index contributed by atoms with van der Waals surface area (Å²) < 4.78 is 159. The first-order chi connectivity index (χ1) is 48.1. The number of hydrogen-bond donors (Lipinski definition) is 19. The van der Waals surface area contributed by atoms with E-state index in [0.717, 1.165) is 0 Å². The van der Waals surface area contributed by atoms with E-state index >= 15 is 0 Å². The third-order valence-corrected chi connectivity index (χ3v) is 12.6. The molecule has 0 aliphatic rings. The number of aromatic amines is 1. The molecule has 26 N–H and O–H groups in total. The van der Waals surface area contributed by atoms with E-state index in [1.807, 2.05) is 0 Å². The minimum Gasteiger partial charge on any atom is -0.475 e. The number of aliphatic imine (C=N–C) groups is 2. The lowest BCUT2D eigenvalue weighted by Crippen LogP contribution is -2.56. The van der Waals surface area contributed by atoms with Crippen molar-refractivity contribution in [1.82, 2.24) is 40.6 Å². The fraction of sp³-hybridized carbons (Fsp3) is 0.679. The van der Waals surface area contributed by atoms with Crippen LogP contribution in [0, 0.1) is 0 Å². The zero-order valence-corrected chi connectivity index (χ0v) is 56.6. The molecule has 0 aromatic carbocycles. The predicted octanol–water partition coefficient (Wildman–Crippen LogP) is -1.28. The average molecular weight is 1580 g/mol. The molecule has 1 aromatic rings. The summed E-state index contributed by atoms with van der Waals surface area (Å²) in [7, 11) is 0. The van der Waals surface area contributed by atoms with Gasteiger partial charge in [0.1, 0.15) is 24.2 Å².